The minimum Gasteiger partial charge on any atom is -0.378 e. The zero-order valence-corrected chi connectivity index (χ0v) is 19.9. The number of hydrogen-bond donors (Lipinski definition) is 2. The van der Waals surface area contributed by atoms with Crippen LogP contribution >= 0.6 is 0 Å². The van der Waals surface area contributed by atoms with Gasteiger partial charge in [0.2, 0.25) is 0 Å². The Labute approximate surface area is 203 Å². The normalized spacial score (nSPS) is 16.3. The number of pyridine rings is 2. The molecule has 1 unspecified atom stereocenters. The van der Waals surface area contributed by atoms with Crippen molar-refractivity contribution in [2.45, 2.75) is 45.3 Å². The van der Waals surface area contributed by atoms with Gasteiger partial charge in [-0.05, 0) is 66.8 Å². The number of aromatic nitrogens is 2. The van der Waals surface area contributed by atoms with Crippen molar-refractivity contribution in [1.29, 1.82) is 0 Å². The Balaban J connectivity index is 1.38. The number of benzene rings is 1. The van der Waals surface area contributed by atoms with Crippen molar-refractivity contribution >= 4 is 17.7 Å². The molecule has 8 heteroatoms. The summed E-state index contributed by atoms with van der Waals surface area (Å²) in [6, 6.07) is 12.9. The molecule has 1 fully saturated rings. The molecule has 2 N–H and O–H groups in total. The first kappa shape index (κ1) is 23.1. The van der Waals surface area contributed by atoms with E-state index in [4.69, 9.17) is 9.72 Å². The Morgan fingerprint density at radius 1 is 1.11 bits per heavy atom. The van der Waals surface area contributed by atoms with Crippen LogP contribution in [-0.2, 0) is 17.3 Å². The summed E-state index contributed by atoms with van der Waals surface area (Å²) < 4.78 is 32.8. The van der Waals surface area contributed by atoms with Crippen LogP contribution in [0.2, 0.25) is 0 Å². The van der Waals surface area contributed by atoms with Crippen molar-refractivity contribution in [2.24, 2.45) is 4.99 Å². The number of aliphatic imine (C=N–C) groups is 1. The number of nitrogens with one attached hydrogen (secondary N) is 2. The largest absolute Gasteiger partial charge is 0.378 e. The van der Waals surface area contributed by atoms with Gasteiger partial charge in [0.1, 0.15) is 11.6 Å². The van der Waals surface area contributed by atoms with E-state index in [0.717, 1.165) is 59.4 Å². The molecule has 1 aliphatic heterocycles. The van der Waals surface area contributed by atoms with Gasteiger partial charge >= 0.3 is 0 Å². The predicted molar refractivity (Wildman–Crippen MR) is 134 cm³/mol. The van der Waals surface area contributed by atoms with E-state index in [9.17, 15) is 8.78 Å². The van der Waals surface area contributed by atoms with E-state index in [1.165, 1.54) is 23.9 Å². The lowest BCUT2D eigenvalue weighted by molar-refractivity contribution is 0.0174. The number of methoxy groups -OCH3 is 1. The fourth-order valence-corrected chi connectivity index (χ4v) is 4.10. The number of nitrogens with zero attached hydrogens (tertiary/aromatic N) is 3. The number of fused-ring (bicyclic) bond motifs is 1. The second kappa shape index (κ2) is 9.19. The zero-order chi connectivity index (χ0) is 24.6. The summed E-state index contributed by atoms with van der Waals surface area (Å²) in [5, 5.41) is 6.59. The van der Waals surface area contributed by atoms with E-state index in [1.54, 1.807) is 7.11 Å². The van der Waals surface area contributed by atoms with E-state index in [1.807, 2.05) is 25.3 Å². The van der Waals surface area contributed by atoms with Crippen LogP contribution in [0, 0.1) is 0 Å². The highest BCUT2D eigenvalue weighted by atomic mass is 19.3. The topological polar surface area (TPSA) is 71.4 Å². The Bertz CT molecular complexity index is 1310. The molecular formula is C27H27F2N5O. The summed E-state index contributed by atoms with van der Waals surface area (Å²) in [5.74, 6) is -1.75. The number of rotatable bonds is 8. The maximum absolute atomic E-state index is 13.7. The van der Waals surface area contributed by atoms with Crippen molar-refractivity contribution in [3.8, 4) is 11.1 Å². The summed E-state index contributed by atoms with van der Waals surface area (Å²) in [7, 11) is 1.66. The third kappa shape index (κ3) is 5.07. The lowest BCUT2D eigenvalue weighted by Gasteiger charge is -2.16. The Hall–Kier alpha value is -3.65. The van der Waals surface area contributed by atoms with Crippen molar-refractivity contribution in [2.75, 3.05) is 17.7 Å². The van der Waals surface area contributed by atoms with Crippen LogP contribution in [0.3, 0.4) is 0 Å². The smallest absolute Gasteiger partial charge is 0.270 e. The minimum absolute atomic E-state index is 0.0278. The predicted octanol–water partition coefficient (Wildman–Crippen LogP) is 6.42. The van der Waals surface area contributed by atoms with Gasteiger partial charge in [0.05, 0.1) is 24.0 Å². The Kier molecular flexibility index (Phi) is 6.06. The molecule has 1 aromatic carbocycles. The fraction of sp³-hybridized carbons (Fsp3) is 0.296. The molecular weight excluding hydrogens is 448 g/mol. The van der Waals surface area contributed by atoms with E-state index < -0.39 is 5.92 Å². The van der Waals surface area contributed by atoms with Crippen molar-refractivity contribution < 1.29 is 13.5 Å². The Morgan fingerprint density at radius 3 is 2.57 bits per heavy atom. The molecule has 0 saturated heterocycles. The van der Waals surface area contributed by atoms with Gasteiger partial charge in [0.15, 0.2) is 0 Å². The summed E-state index contributed by atoms with van der Waals surface area (Å²) in [6.45, 7) is 3.36. The number of hydrogen-bond acceptors (Lipinski definition) is 6. The molecule has 1 aliphatic carbocycles. The summed E-state index contributed by atoms with van der Waals surface area (Å²) >= 11 is 0. The molecule has 0 amide bonds. The lowest BCUT2D eigenvalue weighted by Crippen LogP contribution is -2.13. The van der Waals surface area contributed by atoms with Gasteiger partial charge in [0.25, 0.3) is 5.92 Å². The van der Waals surface area contributed by atoms with Crippen LogP contribution in [0.5, 0.6) is 0 Å². The number of allylic oxidation sites excluding steroid dienone is 1. The second-order valence-corrected chi connectivity index (χ2v) is 8.97. The molecule has 2 aliphatic rings. The Morgan fingerprint density at radius 2 is 1.89 bits per heavy atom. The average Bonchev–Trinajstić information content (AvgIpc) is 3.62. The quantitative estimate of drug-likeness (QED) is 0.393. The molecule has 180 valence electrons. The molecule has 0 bridgehead atoms. The van der Waals surface area contributed by atoms with Crippen LogP contribution in [0.1, 0.15) is 55.2 Å². The van der Waals surface area contributed by atoms with Crippen molar-refractivity contribution in [3.05, 3.63) is 82.6 Å². The van der Waals surface area contributed by atoms with Crippen molar-refractivity contribution in [1.82, 2.24) is 9.97 Å². The highest BCUT2D eigenvalue weighted by molar-refractivity contribution is 5.94. The van der Waals surface area contributed by atoms with Crippen LogP contribution in [0.4, 0.5) is 20.3 Å². The highest BCUT2D eigenvalue weighted by Crippen LogP contribution is 2.36. The molecule has 5 rings (SSSR count). The van der Waals surface area contributed by atoms with Crippen LogP contribution in [-0.4, -0.2) is 23.3 Å². The molecule has 3 heterocycles. The van der Waals surface area contributed by atoms with Gasteiger partial charge in [-0.1, -0.05) is 12.1 Å². The molecule has 0 radical (unpaired) electrons. The average molecular weight is 476 g/mol. The standard InChI is InChI=1S/C27H27F2N5O/c1-16-25-23(14-31-16)22(13-21(32-25)15-35-3)17-6-8-20(9-7-17)33-26(18-4-5-18)34-24-12-19(10-11-30-24)27(2,28)29/h6-14,16,33H,4-5,15H2,1-3H3,(H,30,34). The van der Waals surface area contributed by atoms with E-state index in [2.05, 4.69) is 38.8 Å². The van der Waals surface area contributed by atoms with Gasteiger partial charge in [-0.15, -0.1) is 0 Å². The van der Waals surface area contributed by atoms with Gasteiger partial charge in [-0.2, -0.15) is 0 Å². The molecule has 2 aromatic heterocycles. The molecule has 1 atom stereocenters. The first-order chi connectivity index (χ1) is 16.8. The maximum Gasteiger partial charge on any atom is 0.270 e. The van der Waals surface area contributed by atoms with Crippen LogP contribution in [0.25, 0.3) is 11.1 Å². The number of alkyl halides is 2. The van der Waals surface area contributed by atoms with Gasteiger partial charge in [0, 0.05) is 43.3 Å². The fourth-order valence-electron chi connectivity index (χ4n) is 4.10. The first-order valence-electron chi connectivity index (χ1n) is 11.6. The number of anilines is 2. The van der Waals surface area contributed by atoms with Gasteiger partial charge in [-0.3, -0.25) is 9.98 Å². The summed E-state index contributed by atoms with van der Waals surface area (Å²) in [6.07, 6.45) is 5.21. The molecule has 35 heavy (non-hydrogen) atoms. The van der Waals surface area contributed by atoms with Gasteiger partial charge < -0.3 is 15.4 Å². The number of ether oxygens (including phenoxy) is 1. The first-order valence-corrected chi connectivity index (χ1v) is 11.6. The summed E-state index contributed by atoms with van der Waals surface area (Å²) in [4.78, 5) is 13.5. The van der Waals surface area contributed by atoms with Crippen molar-refractivity contribution in [3.63, 3.8) is 0 Å². The van der Waals surface area contributed by atoms with E-state index in [-0.39, 0.29) is 11.6 Å². The second-order valence-electron chi connectivity index (χ2n) is 8.97. The minimum atomic E-state index is -2.92. The third-order valence-corrected chi connectivity index (χ3v) is 6.10. The van der Waals surface area contributed by atoms with E-state index in [0.29, 0.717) is 12.4 Å². The van der Waals surface area contributed by atoms with Crippen LogP contribution < -0.4 is 10.6 Å². The summed E-state index contributed by atoms with van der Waals surface area (Å²) in [5.41, 5.74) is 7.02. The maximum atomic E-state index is 13.7. The van der Waals surface area contributed by atoms with Gasteiger partial charge in [-0.25, -0.2) is 13.8 Å². The molecule has 6 nitrogen and oxygen atoms in total. The highest BCUT2D eigenvalue weighted by Gasteiger charge is 2.25. The molecule has 1 saturated carbocycles. The van der Waals surface area contributed by atoms with E-state index >= 15 is 0 Å². The third-order valence-electron chi connectivity index (χ3n) is 6.10. The number of halogens is 2. The SMILES string of the molecule is COCc1cc(-c2ccc(NC(Nc3cc(C(C)(F)F)ccn3)=C3CC3)cc2)c2c(n1)C(C)N=C2. The zero-order valence-electron chi connectivity index (χ0n) is 19.9. The monoisotopic (exact) mass is 475 g/mol. The van der Waals surface area contributed by atoms with Crippen LogP contribution in [0.15, 0.2) is 65.0 Å². The molecule has 0 spiro atoms. The molecule has 3 aromatic rings. The lowest BCUT2D eigenvalue weighted by atomic mass is 9.97.